The molecule has 2 aromatic heterocycles. The molecule has 7 nitrogen and oxygen atoms in total. The topological polar surface area (TPSA) is 90.9 Å². The van der Waals surface area contributed by atoms with E-state index in [1.165, 1.54) is 0 Å². The van der Waals surface area contributed by atoms with E-state index < -0.39 is 5.63 Å². The zero-order chi connectivity index (χ0) is 20.8. The highest BCUT2D eigenvalue weighted by molar-refractivity contribution is 5.96. The summed E-state index contributed by atoms with van der Waals surface area (Å²) in [6.07, 6.45) is 1.61. The molecule has 0 bridgehead atoms. The van der Waals surface area contributed by atoms with E-state index in [0.29, 0.717) is 34.8 Å². The molecule has 5 rings (SSSR count). The Morgan fingerprint density at radius 2 is 1.87 bits per heavy atom. The minimum absolute atomic E-state index is 0.0585. The second-order valence-electron chi connectivity index (χ2n) is 7.40. The van der Waals surface area contributed by atoms with Gasteiger partial charge in [0.2, 0.25) is 12.7 Å². The third-order valence-electron chi connectivity index (χ3n) is 5.44. The lowest BCUT2D eigenvalue weighted by molar-refractivity contribution is -0.120. The lowest BCUT2D eigenvalue weighted by Gasteiger charge is -2.09. The zero-order valence-electron chi connectivity index (χ0n) is 16.5. The molecule has 0 saturated carbocycles. The fraction of sp³-hybridized carbons (Fsp3) is 0.217. The molecule has 0 atom stereocenters. The normalized spacial score (nSPS) is 12.6. The van der Waals surface area contributed by atoms with Crippen molar-refractivity contribution in [1.29, 1.82) is 0 Å². The molecule has 1 amide bonds. The fourth-order valence-corrected chi connectivity index (χ4v) is 3.72. The summed E-state index contributed by atoms with van der Waals surface area (Å²) < 4.78 is 21.6. The summed E-state index contributed by atoms with van der Waals surface area (Å²) in [4.78, 5) is 25.0. The molecule has 1 N–H and O–H groups in total. The van der Waals surface area contributed by atoms with Crippen molar-refractivity contribution < 1.29 is 23.1 Å². The van der Waals surface area contributed by atoms with Gasteiger partial charge in [-0.15, -0.1) is 0 Å². The Balaban J connectivity index is 1.38. The summed E-state index contributed by atoms with van der Waals surface area (Å²) >= 11 is 0. The van der Waals surface area contributed by atoms with Gasteiger partial charge in [-0.1, -0.05) is 6.07 Å². The number of fused-ring (bicyclic) bond motifs is 3. The lowest BCUT2D eigenvalue weighted by atomic mass is 10.0. The number of carbonyl (C=O) groups excluding carboxylic acids is 1. The van der Waals surface area contributed by atoms with Gasteiger partial charge >= 0.3 is 5.63 Å². The number of carbonyl (C=O) groups is 1. The van der Waals surface area contributed by atoms with Crippen LogP contribution in [-0.4, -0.2) is 12.7 Å². The maximum Gasteiger partial charge on any atom is 0.340 e. The molecule has 2 aromatic carbocycles. The Morgan fingerprint density at radius 1 is 1.03 bits per heavy atom. The number of hydrogen-bond donors (Lipinski definition) is 1. The van der Waals surface area contributed by atoms with Crippen LogP contribution in [0.2, 0.25) is 0 Å². The van der Waals surface area contributed by atoms with Gasteiger partial charge in [0.15, 0.2) is 11.5 Å². The minimum atomic E-state index is -0.513. The standard InChI is InChI=1S/C23H19NO6/c1-12-10-27-19-8-20-16(6-15(12)19)13(2)17(23(26)30-20)7-22(25)24-9-14-3-4-18-21(5-14)29-11-28-18/h3-6,8,10H,7,9,11H2,1-2H3,(H,24,25). The van der Waals surface area contributed by atoms with Gasteiger partial charge in [-0.2, -0.15) is 0 Å². The van der Waals surface area contributed by atoms with Crippen molar-refractivity contribution in [2.75, 3.05) is 6.79 Å². The van der Waals surface area contributed by atoms with Crippen LogP contribution in [-0.2, 0) is 17.8 Å². The summed E-state index contributed by atoms with van der Waals surface area (Å²) in [6, 6.07) is 9.16. The molecule has 0 radical (unpaired) electrons. The maximum absolute atomic E-state index is 12.5. The lowest BCUT2D eigenvalue weighted by Crippen LogP contribution is -2.27. The second-order valence-corrected chi connectivity index (χ2v) is 7.40. The third-order valence-corrected chi connectivity index (χ3v) is 5.44. The van der Waals surface area contributed by atoms with Crippen LogP contribution in [0, 0.1) is 13.8 Å². The van der Waals surface area contributed by atoms with Gasteiger partial charge in [-0.3, -0.25) is 4.79 Å². The number of ether oxygens (including phenoxy) is 2. The summed E-state index contributed by atoms with van der Waals surface area (Å²) in [5.74, 6) is 1.09. The smallest absolute Gasteiger partial charge is 0.340 e. The highest BCUT2D eigenvalue weighted by Gasteiger charge is 2.17. The van der Waals surface area contributed by atoms with E-state index in [1.807, 2.05) is 38.1 Å². The summed E-state index contributed by atoms with van der Waals surface area (Å²) in [6.45, 7) is 4.31. The van der Waals surface area contributed by atoms with E-state index in [9.17, 15) is 9.59 Å². The van der Waals surface area contributed by atoms with Crippen LogP contribution in [0.1, 0.15) is 22.3 Å². The Hall–Kier alpha value is -3.74. The molecule has 1 aliphatic rings. The van der Waals surface area contributed by atoms with E-state index in [0.717, 1.165) is 27.5 Å². The van der Waals surface area contributed by atoms with Crippen molar-refractivity contribution in [2.45, 2.75) is 26.8 Å². The first-order valence-electron chi connectivity index (χ1n) is 9.59. The number of furan rings is 1. The van der Waals surface area contributed by atoms with Gasteiger partial charge in [0, 0.05) is 23.4 Å². The molecule has 0 spiro atoms. The molecule has 0 fully saturated rings. The van der Waals surface area contributed by atoms with Crippen LogP contribution in [0.15, 0.2) is 50.2 Å². The summed E-state index contributed by atoms with van der Waals surface area (Å²) in [5, 5.41) is 4.60. The molecule has 7 heteroatoms. The number of nitrogens with one attached hydrogen (secondary N) is 1. The predicted octanol–water partition coefficient (Wildman–Crippen LogP) is 3.74. The average molecular weight is 405 g/mol. The van der Waals surface area contributed by atoms with Crippen molar-refractivity contribution in [1.82, 2.24) is 5.32 Å². The van der Waals surface area contributed by atoms with E-state index in [4.69, 9.17) is 18.3 Å². The van der Waals surface area contributed by atoms with Crippen molar-refractivity contribution in [3.8, 4) is 11.5 Å². The first-order valence-corrected chi connectivity index (χ1v) is 9.59. The Labute approximate surface area is 171 Å². The fourth-order valence-electron chi connectivity index (χ4n) is 3.72. The summed E-state index contributed by atoms with van der Waals surface area (Å²) in [7, 11) is 0. The molecule has 4 aromatic rings. The van der Waals surface area contributed by atoms with Crippen molar-refractivity contribution in [2.24, 2.45) is 0 Å². The Bertz CT molecular complexity index is 1360. The van der Waals surface area contributed by atoms with Crippen LogP contribution in [0.4, 0.5) is 0 Å². The SMILES string of the molecule is Cc1coc2cc3oc(=O)c(CC(=O)NCc4ccc5c(c4)OCO5)c(C)c3cc12. The quantitative estimate of drug-likeness (QED) is 0.520. The van der Waals surface area contributed by atoms with Crippen LogP contribution in [0.25, 0.3) is 21.9 Å². The number of benzene rings is 2. The number of rotatable bonds is 4. The van der Waals surface area contributed by atoms with E-state index in [1.54, 1.807) is 12.3 Å². The molecule has 0 unspecified atom stereocenters. The first-order chi connectivity index (χ1) is 14.5. The Kier molecular flexibility index (Phi) is 4.24. The molecular weight excluding hydrogens is 386 g/mol. The summed E-state index contributed by atoms with van der Waals surface area (Å²) in [5.41, 5.74) is 3.57. The van der Waals surface area contributed by atoms with E-state index in [2.05, 4.69) is 5.32 Å². The molecule has 152 valence electrons. The van der Waals surface area contributed by atoms with Crippen LogP contribution in [0.3, 0.4) is 0 Å². The van der Waals surface area contributed by atoms with Crippen LogP contribution < -0.4 is 20.4 Å². The van der Waals surface area contributed by atoms with Crippen molar-refractivity contribution >= 4 is 27.8 Å². The van der Waals surface area contributed by atoms with Gasteiger partial charge in [-0.25, -0.2) is 4.79 Å². The average Bonchev–Trinajstić information content (AvgIpc) is 3.34. The van der Waals surface area contributed by atoms with E-state index >= 15 is 0 Å². The highest BCUT2D eigenvalue weighted by atomic mass is 16.7. The molecule has 3 heterocycles. The van der Waals surface area contributed by atoms with Gasteiger partial charge in [0.05, 0.1) is 18.2 Å². The van der Waals surface area contributed by atoms with Crippen molar-refractivity contribution in [3.63, 3.8) is 0 Å². The molecule has 0 aliphatic carbocycles. The molecule has 30 heavy (non-hydrogen) atoms. The van der Waals surface area contributed by atoms with Gasteiger partial charge in [0.1, 0.15) is 11.2 Å². The number of aryl methyl sites for hydroxylation is 2. The molecule has 1 aliphatic heterocycles. The van der Waals surface area contributed by atoms with E-state index in [-0.39, 0.29) is 19.1 Å². The van der Waals surface area contributed by atoms with Gasteiger partial charge < -0.3 is 23.6 Å². The number of hydrogen-bond acceptors (Lipinski definition) is 6. The third kappa shape index (κ3) is 3.08. The Morgan fingerprint density at radius 3 is 2.73 bits per heavy atom. The maximum atomic E-state index is 12.5. The second kappa shape index (κ2) is 6.95. The number of amides is 1. The van der Waals surface area contributed by atoms with Crippen molar-refractivity contribution in [3.05, 3.63) is 69.3 Å². The van der Waals surface area contributed by atoms with Gasteiger partial charge in [-0.05, 0) is 48.7 Å². The first kappa shape index (κ1) is 18.3. The minimum Gasteiger partial charge on any atom is -0.464 e. The largest absolute Gasteiger partial charge is 0.464 e. The predicted molar refractivity (Wildman–Crippen MR) is 110 cm³/mol. The van der Waals surface area contributed by atoms with Crippen LogP contribution in [0.5, 0.6) is 11.5 Å². The van der Waals surface area contributed by atoms with Crippen LogP contribution >= 0.6 is 0 Å². The molecule has 0 saturated heterocycles. The van der Waals surface area contributed by atoms with Gasteiger partial charge in [0.25, 0.3) is 0 Å². The molecular formula is C23H19NO6. The zero-order valence-corrected chi connectivity index (χ0v) is 16.5. The monoisotopic (exact) mass is 405 g/mol. The highest BCUT2D eigenvalue weighted by Crippen LogP contribution is 2.32.